The summed E-state index contributed by atoms with van der Waals surface area (Å²) in [4.78, 5) is 42.1. The fraction of sp³-hybridized carbons (Fsp3) is 0.0714. The number of pyridine rings is 1. The number of nitrogens with one attached hydrogen (secondary N) is 2. The molecule has 34 heavy (non-hydrogen) atoms. The number of ketones is 1. The third-order valence-electron chi connectivity index (χ3n) is 5.26. The molecule has 0 bridgehead atoms. The number of aryl methyl sites for hydroxylation is 1. The predicted molar refractivity (Wildman–Crippen MR) is 135 cm³/mol. The second-order valence-corrected chi connectivity index (χ2v) is 7.90. The van der Waals surface area contributed by atoms with Gasteiger partial charge in [0.25, 0.3) is 5.91 Å². The molecule has 4 aromatic rings. The smallest absolute Gasteiger partial charge is 0.308 e. The van der Waals surface area contributed by atoms with Gasteiger partial charge in [0.1, 0.15) is 0 Å². The van der Waals surface area contributed by atoms with E-state index in [1.165, 1.54) is 6.92 Å². The van der Waals surface area contributed by atoms with E-state index in [2.05, 4.69) is 15.6 Å². The number of nitrogens with zero attached hydrogens (tertiary/aromatic N) is 1. The van der Waals surface area contributed by atoms with Crippen molar-refractivity contribution in [1.29, 1.82) is 0 Å². The van der Waals surface area contributed by atoms with Crippen LogP contribution < -0.4 is 10.6 Å². The Bertz CT molecular complexity index is 1410. The van der Waals surface area contributed by atoms with Crippen LogP contribution >= 0.6 is 0 Å². The minimum Gasteiger partial charge on any atom is -0.308 e. The molecule has 168 valence electrons. The number of imide groups is 1. The molecule has 3 aromatic carbocycles. The number of anilines is 1. The van der Waals surface area contributed by atoms with Crippen LogP contribution in [0, 0.1) is 6.92 Å². The molecule has 1 heterocycles. The van der Waals surface area contributed by atoms with Crippen molar-refractivity contribution in [3.05, 3.63) is 107 Å². The first-order valence-electron chi connectivity index (χ1n) is 10.8. The second kappa shape index (κ2) is 9.92. The van der Waals surface area contributed by atoms with E-state index in [-0.39, 0.29) is 11.3 Å². The fourth-order valence-electron chi connectivity index (χ4n) is 3.45. The lowest BCUT2D eigenvalue weighted by atomic mass is 10.0. The van der Waals surface area contributed by atoms with Crippen LogP contribution in [0.5, 0.6) is 0 Å². The summed E-state index contributed by atoms with van der Waals surface area (Å²) >= 11 is 0. The normalized spacial score (nSPS) is 10.9. The average Bonchev–Trinajstić information content (AvgIpc) is 2.83. The predicted octanol–water partition coefficient (Wildman–Crippen LogP) is 5.88. The lowest BCUT2D eigenvalue weighted by Crippen LogP contribution is -2.34. The van der Waals surface area contributed by atoms with Crippen molar-refractivity contribution in [3.63, 3.8) is 0 Å². The van der Waals surface area contributed by atoms with Gasteiger partial charge >= 0.3 is 6.03 Å². The van der Waals surface area contributed by atoms with E-state index in [0.29, 0.717) is 27.8 Å². The summed E-state index contributed by atoms with van der Waals surface area (Å²) in [7, 11) is 0. The number of aromatic nitrogens is 1. The van der Waals surface area contributed by atoms with E-state index < -0.39 is 11.9 Å². The maximum atomic E-state index is 13.1. The maximum Gasteiger partial charge on any atom is 0.326 e. The second-order valence-electron chi connectivity index (χ2n) is 7.90. The van der Waals surface area contributed by atoms with Gasteiger partial charge in [0, 0.05) is 16.6 Å². The number of rotatable bonds is 5. The van der Waals surface area contributed by atoms with E-state index in [1.807, 2.05) is 55.5 Å². The molecule has 0 atom stereocenters. The number of carbonyl (C=O) groups excluding carboxylic acids is 3. The van der Waals surface area contributed by atoms with Crippen molar-refractivity contribution in [1.82, 2.24) is 10.3 Å². The van der Waals surface area contributed by atoms with Gasteiger partial charge in [-0.05, 0) is 61.9 Å². The van der Waals surface area contributed by atoms with Crippen molar-refractivity contribution in [2.24, 2.45) is 0 Å². The van der Waals surface area contributed by atoms with Crippen molar-refractivity contribution >= 4 is 46.5 Å². The summed E-state index contributed by atoms with van der Waals surface area (Å²) in [6.07, 6.45) is 3.70. The van der Waals surface area contributed by atoms with Crippen molar-refractivity contribution < 1.29 is 14.4 Å². The lowest BCUT2D eigenvalue weighted by Gasteiger charge is -2.11. The summed E-state index contributed by atoms with van der Waals surface area (Å²) < 4.78 is 0. The Morgan fingerprint density at radius 2 is 1.59 bits per heavy atom. The van der Waals surface area contributed by atoms with E-state index in [9.17, 15) is 14.4 Å². The monoisotopic (exact) mass is 449 g/mol. The van der Waals surface area contributed by atoms with E-state index in [4.69, 9.17) is 0 Å². The maximum absolute atomic E-state index is 13.1. The molecule has 2 N–H and O–H groups in total. The molecule has 0 fully saturated rings. The Hall–Kier alpha value is -4.58. The van der Waals surface area contributed by atoms with E-state index >= 15 is 0 Å². The zero-order valence-electron chi connectivity index (χ0n) is 18.8. The number of hydrogen-bond acceptors (Lipinski definition) is 4. The number of fused-ring (bicyclic) bond motifs is 1. The van der Waals surface area contributed by atoms with Gasteiger partial charge < -0.3 is 5.32 Å². The molecule has 6 heteroatoms. The number of Topliss-reactive ketones (excluding diaryl/α,β-unsaturated/α-hetero) is 1. The van der Waals surface area contributed by atoms with E-state index in [0.717, 1.165) is 11.1 Å². The first kappa shape index (κ1) is 22.6. The van der Waals surface area contributed by atoms with Crippen molar-refractivity contribution in [3.8, 4) is 0 Å². The number of hydrogen-bond donors (Lipinski definition) is 2. The van der Waals surface area contributed by atoms with Crippen LogP contribution in [0.2, 0.25) is 0 Å². The molecule has 3 amide bonds. The Labute approximate surface area is 197 Å². The highest BCUT2D eigenvalue weighted by Crippen LogP contribution is 2.22. The Balaban J connectivity index is 1.67. The molecule has 6 nitrogen and oxygen atoms in total. The molecule has 0 saturated carbocycles. The van der Waals surface area contributed by atoms with Gasteiger partial charge in [0.05, 0.1) is 16.8 Å². The Kier molecular flexibility index (Phi) is 6.59. The average molecular weight is 450 g/mol. The molecule has 0 aliphatic rings. The molecule has 0 aliphatic carbocycles. The summed E-state index contributed by atoms with van der Waals surface area (Å²) in [5.41, 5.74) is 4.42. The summed E-state index contributed by atoms with van der Waals surface area (Å²) in [6.45, 7) is 3.40. The molecule has 0 unspecified atom stereocenters. The zero-order valence-corrected chi connectivity index (χ0v) is 18.8. The van der Waals surface area contributed by atoms with Gasteiger partial charge in [-0.3, -0.25) is 14.9 Å². The van der Waals surface area contributed by atoms with E-state index in [1.54, 1.807) is 42.5 Å². The van der Waals surface area contributed by atoms with Crippen LogP contribution in [0.1, 0.15) is 44.5 Å². The summed E-state index contributed by atoms with van der Waals surface area (Å²) in [6, 6.07) is 22.9. The topological polar surface area (TPSA) is 88.2 Å². The molecule has 0 aliphatic heterocycles. The minimum absolute atomic E-state index is 0.126. The molecule has 4 rings (SSSR count). The van der Waals surface area contributed by atoms with Crippen molar-refractivity contribution in [2.45, 2.75) is 13.8 Å². The quantitative estimate of drug-likeness (QED) is 0.373. The van der Waals surface area contributed by atoms with Crippen LogP contribution in [0.3, 0.4) is 0 Å². The van der Waals surface area contributed by atoms with Gasteiger partial charge in [-0.1, -0.05) is 54.1 Å². The van der Waals surface area contributed by atoms with Gasteiger partial charge in [0.2, 0.25) is 0 Å². The standard InChI is InChI=1S/C28H23N3O3/c1-18-8-12-22(13-9-18)30-28(34)31-27(33)25-17-23(14-10-20-6-4-3-5-7-20)29-26-15-11-21(19(2)32)16-24(25)26/h3-17H,1-2H3,(H2,30,31,33,34)/b14-10+. The molecule has 0 saturated heterocycles. The van der Waals surface area contributed by atoms with Gasteiger partial charge in [-0.15, -0.1) is 0 Å². The van der Waals surface area contributed by atoms with Crippen LogP contribution in [-0.2, 0) is 0 Å². The largest absolute Gasteiger partial charge is 0.326 e. The fourth-order valence-corrected chi connectivity index (χ4v) is 3.45. The van der Waals surface area contributed by atoms with Crippen LogP contribution in [0.25, 0.3) is 23.1 Å². The van der Waals surface area contributed by atoms with Gasteiger partial charge in [0.15, 0.2) is 5.78 Å². The highest BCUT2D eigenvalue weighted by molar-refractivity contribution is 6.14. The van der Waals surface area contributed by atoms with Crippen molar-refractivity contribution in [2.75, 3.05) is 5.32 Å². The summed E-state index contributed by atoms with van der Waals surface area (Å²) in [5, 5.41) is 5.52. The minimum atomic E-state index is -0.650. The SMILES string of the molecule is CC(=O)c1ccc2nc(/C=C/c3ccccc3)cc(C(=O)NC(=O)Nc3ccc(C)cc3)c2c1. The molecular weight excluding hydrogens is 426 g/mol. The number of amides is 3. The third kappa shape index (κ3) is 5.42. The molecule has 1 aromatic heterocycles. The number of carbonyl (C=O) groups is 3. The summed E-state index contributed by atoms with van der Waals surface area (Å²) in [5.74, 6) is -0.717. The first-order valence-corrected chi connectivity index (χ1v) is 10.8. The zero-order chi connectivity index (χ0) is 24.1. The van der Waals surface area contributed by atoms with Gasteiger partial charge in [-0.25, -0.2) is 9.78 Å². The molecule has 0 spiro atoms. The first-order chi connectivity index (χ1) is 16.4. The Morgan fingerprint density at radius 3 is 2.29 bits per heavy atom. The van der Waals surface area contributed by atoms with Gasteiger partial charge in [-0.2, -0.15) is 0 Å². The van der Waals surface area contributed by atoms with Crippen LogP contribution in [-0.4, -0.2) is 22.7 Å². The third-order valence-corrected chi connectivity index (χ3v) is 5.26. The number of urea groups is 1. The Morgan fingerprint density at radius 1 is 0.853 bits per heavy atom. The molecule has 0 radical (unpaired) electrons. The molecular formula is C28H23N3O3. The number of benzene rings is 3. The highest BCUT2D eigenvalue weighted by Gasteiger charge is 2.16. The van der Waals surface area contributed by atoms with Crippen LogP contribution in [0.4, 0.5) is 10.5 Å². The lowest BCUT2D eigenvalue weighted by molar-refractivity contribution is 0.0966. The van der Waals surface area contributed by atoms with Crippen LogP contribution in [0.15, 0.2) is 78.9 Å². The highest BCUT2D eigenvalue weighted by atomic mass is 16.2.